The summed E-state index contributed by atoms with van der Waals surface area (Å²) in [5.41, 5.74) is 1.82. The highest BCUT2D eigenvalue weighted by molar-refractivity contribution is 5.99. The zero-order valence-electron chi connectivity index (χ0n) is 13.8. The van der Waals surface area contributed by atoms with E-state index in [1.165, 1.54) is 6.07 Å². The molecule has 1 atom stereocenters. The summed E-state index contributed by atoms with van der Waals surface area (Å²) in [6, 6.07) is 13.2. The maximum absolute atomic E-state index is 12.6. The smallest absolute Gasteiger partial charge is 0.387 e. The van der Waals surface area contributed by atoms with Gasteiger partial charge in [-0.05, 0) is 26.0 Å². The van der Waals surface area contributed by atoms with Crippen molar-refractivity contribution in [2.45, 2.75) is 26.5 Å². The van der Waals surface area contributed by atoms with E-state index < -0.39 is 18.6 Å². The first kappa shape index (κ1) is 17.0. The number of ether oxygens (including phenoxy) is 1. The first-order valence-corrected chi connectivity index (χ1v) is 7.80. The van der Waals surface area contributed by atoms with Crippen LogP contribution in [0.1, 0.15) is 34.6 Å². The number of benzene rings is 2. The highest BCUT2D eigenvalue weighted by Gasteiger charge is 2.21. The van der Waals surface area contributed by atoms with Crippen LogP contribution in [0.2, 0.25) is 0 Å². The van der Waals surface area contributed by atoms with E-state index in [2.05, 4.69) is 10.1 Å². The fourth-order valence-corrected chi connectivity index (χ4v) is 2.77. The van der Waals surface area contributed by atoms with Crippen LogP contribution in [-0.4, -0.2) is 12.5 Å². The molecule has 2 aromatic carbocycles. The molecule has 0 spiro atoms. The SMILES string of the molecule is Cc1c(C(=O)N[C@H](C)c2ccccc2OC(F)F)oc2ccccc12. The van der Waals surface area contributed by atoms with Crippen LogP contribution in [0.15, 0.2) is 52.9 Å². The summed E-state index contributed by atoms with van der Waals surface area (Å²) in [5, 5.41) is 3.63. The van der Waals surface area contributed by atoms with Gasteiger partial charge in [0.2, 0.25) is 0 Å². The van der Waals surface area contributed by atoms with Gasteiger partial charge >= 0.3 is 6.61 Å². The number of rotatable bonds is 5. The Balaban J connectivity index is 1.84. The van der Waals surface area contributed by atoms with Crippen molar-refractivity contribution in [3.05, 3.63) is 65.4 Å². The van der Waals surface area contributed by atoms with Crippen LogP contribution >= 0.6 is 0 Å². The van der Waals surface area contributed by atoms with Gasteiger partial charge < -0.3 is 14.5 Å². The van der Waals surface area contributed by atoms with Gasteiger partial charge in [-0.3, -0.25) is 4.79 Å². The number of hydrogen-bond donors (Lipinski definition) is 1. The van der Waals surface area contributed by atoms with Crippen LogP contribution in [0.3, 0.4) is 0 Å². The lowest BCUT2D eigenvalue weighted by atomic mass is 10.1. The van der Waals surface area contributed by atoms with Gasteiger partial charge in [0, 0.05) is 16.5 Å². The van der Waals surface area contributed by atoms with Crippen LogP contribution in [0.4, 0.5) is 8.78 Å². The monoisotopic (exact) mass is 345 g/mol. The van der Waals surface area contributed by atoms with Crippen molar-refractivity contribution < 1.29 is 22.7 Å². The van der Waals surface area contributed by atoms with Crippen LogP contribution in [0, 0.1) is 6.92 Å². The van der Waals surface area contributed by atoms with E-state index >= 15 is 0 Å². The summed E-state index contributed by atoms with van der Waals surface area (Å²) in [4.78, 5) is 12.6. The third-order valence-corrected chi connectivity index (χ3v) is 4.00. The van der Waals surface area contributed by atoms with Crippen LogP contribution in [-0.2, 0) is 0 Å². The summed E-state index contributed by atoms with van der Waals surface area (Å²) in [5.74, 6) is -0.167. The van der Waals surface area contributed by atoms with Crippen LogP contribution < -0.4 is 10.1 Å². The Labute approximate surface area is 143 Å². The molecule has 0 aliphatic carbocycles. The molecule has 0 aliphatic rings. The molecule has 3 aromatic rings. The second kappa shape index (κ2) is 6.93. The molecule has 1 aromatic heterocycles. The summed E-state index contributed by atoms with van der Waals surface area (Å²) >= 11 is 0. The number of para-hydroxylation sites is 2. The molecular formula is C19H17F2NO3. The quantitative estimate of drug-likeness (QED) is 0.720. The number of carbonyl (C=O) groups excluding carboxylic acids is 1. The Kier molecular flexibility index (Phi) is 4.70. The molecule has 6 heteroatoms. The fourth-order valence-electron chi connectivity index (χ4n) is 2.77. The molecule has 4 nitrogen and oxygen atoms in total. The van der Waals surface area contributed by atoms with Gasteiger partial charge in [-0.15, -0.1) is 0 Å². The predicted molar refractivity (Wildman–Crippen MR) is 89.9 cm³/mol. The zero-order valence-corrected chi connectivity index (χ0v) is 13.8. The van der Waals surface area contributed by atoms with Crippen molar-refractivity contribution in [1.29, 1.82) is 0 Å². The van der Waals surface area contributed by atoms with Crippen molar-refractivity contribution in [2.75, 3.05) is 0 Å². The van der Waals surface area contributed by atoms with E-state index in [4.69, 9.17) is 4.42 Å². The number of amides is 1. The molecule has 1 heterocycles. The Hall–Kier alpha value is -2.89. The van der Waals surface area contributed by atoms with Gasteiger partial charge in [0.05, 0.1) is 6.04 Å². The highest BCUT2D eigenvalue weighted by atomic mass is 19.3. The second-order valence-corrected chi connectivity index (χ2v) is 5.66. The van der Waals surface area contributed by atoms with Crippen molar-refractivity contribution in [2.24, 2.45) is 0 Å². The summed E-state index contributed by atoms with van der Waals surface area (Å²) < 4.78 is 35.2. The molecule has 25 heavy (non-hydrogen) atoms. The fraction of sp³-hybridized carbons (Fsp3) is 0.211. The minimum atomic E-state index is -2.93. The van der Waals surface area contributed by atoms with E-state index in [0.717, 1.165) is 10.9 Å². The predicted octanol–water partition coefficient (Wildman–Crippen LogP) is 4.83. The first-order chi connectivity index (χ1) is 12.0. The summed E-state index contributed by atoms with van der Waals surface area (Å²) in [6.45, 7) is 0.574. The van der Waals surface area contributed by atoms with Gasteiger partial charge in [0.25, 0.3) is 5.91 Å². The van der Waals surface area contributed by atoms with Crippen molar-refractivity contribution >= 4 is 16.9 Å². The van der Waals surface area contributed by atoms with Crippen molar-refractivity contribution in [3.63, 3.8) is 0 Å². The molecule has 0 fully saturated rings. The Morgan fingerprint density at radius 1 is 1.12 bits per heavy atom. The number of aryl methyl sites for hydroxylation is 1. The zero-order chi connectivity index (χ0) is 18.0. The lowest BCUT2D eigenvalue weighted by Gasteiger charge is -2.17. The third-order valence-electron chi connectivity index (χ3n) is 4.00. The number of nitrogens with one attached hydrogen (secondary N) is 1. The molecule has 1 amide bonds. The largest absolute Gasteiger partial charge is 0.451 e. The van der Waals surface area contributed by atoms with Gasteiger partial charge in [0.15, 0.2) is 5.76 Å². The molecule has 130 valence electrons. The summed E-state index contributed by atoms with van der Waals surface area (Å²) in [6.07, 6.45) is 0. The molecule has 0 saturated heterocycles. The van der Waals surface area contributed by atoms with Crippen LogP contribution in [0.5, 0.6) is 5.75 Å². The lowest BCUT2D eigenvalue weighted by Crippen LogP contribution is -2.27. The van der Waals surface area contributed by atoms with Gasteiger partial charge in [0.1, 0.15) is 11.3 Å². The summed E-state index contributed by atoms with van der Waals surface area (Å²) in [7, 11) is 0. The molecule has 3 rings (SSSR count). The second-order valence-electron chi connectivity index (χ2n) is 5.66. The minimum absolute atomic E-state index is 0.0339. The number of halogens is 2. The average molecular weight is 345 g/mol. The standard InChI is InChI=1S/C19H17F2NO3/c1-11-13-7-3-5-9-15(13)24-17(11)18(23)22-12(2)14-8-4-6-10-16(14)25-19(20)21/h3-10,12,19H,1-2H3,(H,22,23)/t12-/m1/s1. The van der Waals surface area contributed by atoms with E-state index in [0.29, 0.717) is 11.1 Å². The van der Waals surface area contributed by atoms with Crippen molar-refractivity contribution in [1.82, 2.24) is 5.32 Å². The molecule has 0 saturated carbocycles. The number of furan rings is 1. The number of hydrogen-bond acceptors (Lipinski definition) is 3. The number of fused-ring (bicyclic) bond motifs is 1. The maximum atomic E-state index is 12.6. The average Bonchev–Trinajstić information content (AvgIpc) is 2.92. The highest BCUT2D eigenvalue weighted by Crippen LogP contribution is 2.28. The minimum Gasteiger partial charge on any atom is -0.451 e. The van der Waals surface area contributed by atoms with Crippen LogP contribution in [0.25, 0.3) is 11.0 Å². The Morgan fingerprint density at radius 2 is 1.80 bits per heavy atom. The molecule has 1 N–H and O–H groups in total. The van der Waals surface area contributed by atoms with Gasteiger partial charge in [-0.2, -0.15) is 8.78 Å². The molecule has 0 bridgehead atoms. The number of carbonyl (C=O) groups is 1. The molecule has 0 radical (unpaired) electrons. The first-order valence-electron chi connectivity index (χ1n) is 7.80. The van der Waals surface area contributed by atoms with Gasteiger partial charge in [-0.1, -0.05) is 36.4 Å². The third kappa shape index (κ3) is 3.47. The lowest BCUT2D eigenvalue weighted by molar-refractivity contribution is -0.0506. The molecule has 0 aliphatic heterocycles. The maximum Gasteiger partial charge on any atom is 0.387 e. The van der Waals surface area contributed by atoms with Crippen molar-refractivity contribution in [3.8, 4) is 5.75 Å². The Morgan fingerprint density at radius 3 is 2.52 bits per heavy atom. The van der Waals surface area contributed by atoms with E-state index in [-0.39, 0.29) is 11.5 Å². The molecule has 0 unspecified atom stereocenters. The number of alkyl halides is 2. The normalized spacial score (nSPS) is 12.4. The van der Waals surface area contributed by atoms with E-state index in [9.17, 15) is 13.6 Å². The Bertz CT molecular complexity index is 905. The van der Waals surface area contributed by atoms with Gasteiger partial charge in [-0.25, -0.2) is 0 Å². The van der Waals surface area contributed by atoms with E-state index in [1.54, 1.807) is 38.1 Å². The molecular weight excluding hydrogens is 328 g/mol. The topological polar surface area (TPSA) is 51.5 Å². The van der Waals surface area contributed by atoms with E-state index in [1.807, 2.05) is 18.2 Å².